The van der Waals surface area contributed by atoms with Crippen molar-refractivity contribution in [3.05, 3.63) is 29.8 Å². The van der Waals surface area contributed by atoms with Gasteiger partial charge in [0.15, 0.2) is 0 Å². The molecule has 0 heterocycles. The molecule has 1 rings (SSSR count). The Kier molecular flexibility index (Phi) is 9.81. The van der Waals surface area contributed by atoms with E-state index in [-0.39, 0.29) is 12.4 Å². The highest BCUT2D eigenvalue weighted by atomic mass is 35.5. The van der Waals surface area contributed by atoms with E-state index in [1.54, 1.807) is 12.1 Å². The Morgan fingerprint density at radius 3 is 2.19 bits per heavy atom. The summed E-state index contributed by atoms with van der Waals surface area (Å²) in [5, 5.41) is 3.16. The molecule has 7 heteroatoms. The minimum absolute atomic E-state index is 0. The number of rotatable bonds is 9. The Balaban J connectivity index is 0.00000400. The van der Waals surface area contributed by atoms with E-state index in [0.29, 0.717) is 18.0 Å². The normalized spacial score (nSPS) is 11.4. The summed E-state index contributed by atoms with van der Waals surface area (Å²) in [7, 11) is 0.567. The average molecular weight is 336 g/mol. The third-order valence-corrected chi connectivity index (χ3v) is 4.23. The molecule has 0 atom stereocenters. The SMILES string of the molecule is CCCNCCNS(=O)(=O)c1ccc(CN(C)C)cc1.Cl. The smallest absolute Gasteiger partial charge is 0.240 e. The first kappa shape index (κ1) is 20.3. The van der Waals surface area contributed by atoms with Gasteiger partial charge in [-0.1, -0.05) is 19.1 Å². The third-order valence-electron chi connectivity index (χ3n) is 2.75. The largest absolute Gasteiger partial charge is 0.315 e. The summed E-state index contributed by atoms with van der Waals surface area (Å²) in [5.74, 6) is 0. The zero-order valence-electron chi connectivity index (χ0n) is 12.9. The van der Waals surface area contributed by atoms with E-state index in [2.05, 4.69) is 17.0 Å². The van der Waals surface area contributed by atoms with Crippen LogP contribution in [0, 0.1) is 0 Å². The molecule has 0 bridgehead atoms. The summed E-state index contributed by atoms with van der Waals surface area (Å²) in [6.07, 6.45) is 1.04. The molecule has 5 nitrogen and oxygen atoms in total. The van der Waals surface area contributed by atoms with E-state index in [9.17, 15) is 8.42 Å². The minimum atomic E-state index is -3.40. The van der Waals surface area contributed by atoms with Crippen LogP contribution in [-0.4, -0.2) is 47.0 Å². The van der Waals surface area contributed by atoms with E-state index in [0.717, 1.165) is 25.1 Å². The van der Waals surface area contributed by atoms with Gasteiger partial charge in [0.2, 0.25) is 10.0 Å². The number of hydrogen-bond donors (Lipinski definition) is 2. The Labute approximate surface area is 134 Å². The molecule has 1 aromatic rings. The monoisotopic (exact) mass is 335 g/mol. The number of benzene rings is 1. The molecule has 0 saturated carbocycles. The molecular formula is C14H26ClN3O2S. The number of nitrogens with one attached hydrogen (secondary N) is 2. The van der Waals surface area contributed by atoms with Crippen molar-refractivity contribution >= 4 is 22.4 Å². The van der Waals surface area contributed by atoms with Gasteiger partial charge in [0, 0.05) is 19.6 Å². The summed E-state index contributed by atoms with van der Waals surface area (Å²) >= 11 is 0. The summed E-state index contributed by atoms with van der Waals surface area (Å²) < 4.78 is 26.7. The summed E-state index contributed by atoms with van der Waals surface area (Å²) in [6, 6.07) is 7.01. The van der Waals surface area contributed by atoms with Gasteiger partial charge in [-0.25, -0.2) is 13.1 Å². The molecule has 0 aliphatic rings. The topological polar surface area (TPSA) is 61.4 Å². The van der Waals surface area contributed by atoms with E-state index in [1.165, 1.54) is 0 Å². The third kappa shape index (κ3) is 7.78. The minimum Gasteiger partial charge on any atom is -0.315 e. The van der Waals surface area contributed by atoms with Gasteiger partial charge in [-0.3, -0.25) is 0 Å². The zero-order valence-corrected chi connectivity index (χ0v) is 14.6. The maximum Gasteiger partial charge on any atom is 0.240 e. The van der Waals surface area contributed by atoms with Gasteiger partial charge >= 0.3 is 0 Å². The second kappa shape index (κ2) is 10.1. The summed E-state index contributed by atoms with van der Waals surface area (Å²) in [6.45, 7) is 4.83. The van der Waals surface area contributed by atoms with Crippen LogP contribution >= 0.6 is 12.4 Å². The van der Waals surface area contributed by atoms with Gasteiger partial charge in [-0.2, -0.15) is 0 Å². The maximum absolute atomic E-state index is 12.0. The van der Waals surface area contributed by atoms with Gasteiger partial charge in [0.1, 0.15) is 0 Å². The Morgan fingerprint density at radius 1 is 1.05 bits per heavy atom. The molecule has 0 unspecified atom stereocenters. The average Bonchev–Trinajstić information content (AvgIpc) is 2.38. The molecule has 0 aromatic heterocycles. The lowest BCUT2D eigenvalue weighted by atomic mass is 10.2. The fraction of sp³-hybridized carbons (Fsp3) is 0.571. The number of hydrogen-bond acceptors (Lipinski definition) is 4. The quantitative estimate of drug-likeness (QED) is 0.670. The van der Waals surface area contributed by atoms with Crippen LogP contribution < -0.4 is 10.0 Å². The van der Waals surface area contributed by atoms with Gasteiger partial charge in [0.25, 0.3) is 0 Å². The standard InChI is InChI=1S/C14H25N3O2S.ClH/c1-4-9-15-10-11-16-20(18,19)14-7-5-13(6-8-14)12-17(2)3;/h5-8,15-16H,4,9-12H2,1-3H3;1H. The Morgan fingerprint density at radius 2 is 1.67 bits per heavy atom. The first-order valence-electron chi connectivity index (χ1n) is 6.89. The lowest BCUT2D eigenvalue weighted by Crippen LogP contribution is -2.32. The van der Waals surface area contributed by atoms with Crippen LogP contribution in [0.1, 0.15) is 18.9 Å². The second-order valence-electron chi connectivity index (χ2n) is 5.03. The van der Waals surface area contributed by atoms with Gasteiger partial charge < -0.3 is 10.2 Å². The van der Waals surface area contributed by atoms with E-state index < -0.39 is 10.0 Å². The predicted molar refractivity (Wildman–Crippen MR) is 89.4 cm³/mol. The number of halogens is 1. The van der Waals surface area contributed by atoms with E-state index in [1.807, 2.05) is 31.1 Å². The highest BCUT2D eigenvalue weighted by molar-refractivity contribution is 7.89. The summed E-state index contributed by atoms with van der Waals surface area (Å²) in [5.41, 5.74) is 1.10. The molecule has 122 valence electrons. The Hall–Kier alpha value is -0.660. The van der Waals surface area contributed by atoms with Crippen LogP contribution in [-0.2, 0) is 16.6 Å². The van der Waals surface area contributed by atoms with Crippen molar-refractivity contribution in [2.24, 2.45) is 0 Å². The molecule has 0 saturated heterocycles. The second-order valence-corrected chi connectivity index (χ2v) is 6.80. The van der Waals surface area contributed by atoms with Gasteiger partial charge in [0.05, 0.1) is 4.90 Å². The molecule has 0 aliphatic heterocycles. The lowest BCUT2D eigenvalue weighted by Gasteiger charge is -2.11. The van der Waals surface area contributed by atoms with Crippen molar-refractivity contribution in [3.8, 4) is 0 Å². The molecular weight excluding hydrogens is 310 g/mol. The maximum atomic E-state index is 12.0. The van der Waals surface area contributed by atoms with Gasteiger partial charge in [-0.15, -0.1) is 12.4 Å². The fourth-order valence-corrected chi connectivity index (χ4v) is 2.83. The highest BCUT2D eigenvalue weighted by Crippen LogP contribution is 2.11. The number of nitrogens with zero attached hydrogens (tertiary/aromatic N) is 1. The molecule has 1 aromatic carbocycles. The molecule has 2 N–H and O–H groups in total. The number of sulfonamides is 1. The first-order chi connectivity index (χ1) is 9.45. The van der Waals surface area contributed by atoms with Crippen molar-refractivity contribution in [1.82, 2.24) is 14.9 Å². The molecule has 0 amide bonds. The van der Waals surface area contributed by atoms with Crippen LogP contribution in [0.2, 0.25) is 0 Å². The zero-order chi connectivity index (χ0) is 15.0. The summed E-state index contributed by atoms with van der Waals surface area (Å²) in [4.78, 5) is 2.36. The fourth-order valence-electron chi connectivity index (χ4n) is 1.80. The van der Waals surface area contributed by atoms with Crippen LogP contribution in [0.15, 0.2) is 29.2 Å². The lowest BCUT2D eigenvalue weighted by molar-refractivity contribution is 0.402. The van der Waals surface area contributed by atoms with E-state index in [4.69, 9.17) is 0 Å². The Bertz CT molecular complexity index is 489. The predicted octanol–water partition coefficient (Wildman–Crippen LogP) is 1.45. The van der Waals surface area contributed by atoms with Crippen LogP contribution in [0.5, 0.6) is 0 Å². The van der Waals surface area contributed by atoms with Crippen molar-refractivity contribution in [2.45, 2.75) is 24.8 Å². The molecule has 0 spiro atoms. The first-order valence-corrected chi connectivity index (χ1v) is 8.38. The van der Waals surface area contributed by atoms with Crippen LogP contribution in [0.25, 0.3) is 0 Å². The van der Waals surface area contributed by atoms with Crippen molar-refractivity contribution in [2.75, 3.05) is 33.7 Å². The van der Waals surface area contributed by atoms with Gasteiger partial charge in [-0.05, 0) is 44.8 Å². The van der Waals surface area contributed by atoms with E-state index >= 15 is 0 Å². The molecule has 21 heavy (non-hydrogen) atoms. The van der Waals surface area contributed by atoms with Crippen molar-refractivity contribution in [3.63, 3.8) is 0 Å². The van der Waals surface area contributed by atoms with Crippen LogP contribution in [0.3, 0.4) is 0 Å². The van der Waals surface area contributed by atoms with Crippen molar-refractivity contribution < 1.29 is 8.42 Å². The molecule has 0 radical (unpaired) electrons. The van der Waals surface area contributed by atoms with Crippen LogP contribution in [0.4, 0.5) is 0 Å². The highest BCUT2D eigenvalue weighted by Gasteiger charge is 2.12. The van der Waals surface area contributed by atoms with Crippen molar-refractivity contribution in [1.29, 1.82) is 0 Å². The molecule has 0 aliphatic carbocycles. The molecule has 0 fully saturated rings.